The summed E-state index contributed by atoms with van der Waals surface area (Å²) in [6.07, 6.45) is 6.68. The van der Waals surface area contributed by atoms with Crippen LogP contribution in [-0.2, 0) is 4.79 Å². The molecule has 0 heterocycles. The van der Waals surface area contributed by atoms with E-state index in [4.69, 9.17) is 0 Å². The van der Waals surface area contributed by atoms with E-state index in [2.05, 4.69) is 16.9 Å². The second kappa shape index (κ2) is 7.50. The SMILES string of the molecule is CSC1CCCC(NC(=O)c2ccc(NC(C)=O)cc2)C1. The maximum Gasteiger partial charge on any atom is 0.251 e. The van der Waals surface area contributed by atoms with Crippen molar-refractivity contribution in [2.24, 2.45) is 0 Å². The van der Waals surface area contributed by atoms with Crippen LogP contribution in [0.5, 0.6) is 0 Å². The largest absolute Gasteiger partial charge is 0.349 e. The Morgan fingerprint density at radius 1 is 1.19 bits per heavy atom. The van der Waals surface area contributed by atoms with Crippen molar-refractivity contribution in [1.82, 2.24) is 5.32 Å². The van der Waals surface area contributed by atoms with Crippen molar-refractivity contribution >= 4 is 29.3 Å². The predicted octanol–water partition coefficient (Wildman–Crippen LogP) is 3.05. The van der Waals surface area contributed by atoms with Crippen LogP contribution in [0.2, 0.25) is 0 Å². The van der Waals surface area contributed by atoms with Gasteiger partial charge in [-0.05, 0) is 49.8 Å². The summed E-state index contributed by atoms with van der Waals surface area (Å²) in [5, 5.41) is 6.47. The Balaban J connectivity index is 1.92. The molecule has 2 rings (SSSR count). The predicted molar refractivity (Wildman–Crippen MR) is 87.8 cm³/mol. The lowest BCUT2D eigenvalue weighted by atomic mass is 9.94. The van der Waals surface area contributed by atoms with E-state index < -0.39 is 0 Å². The first-order valence-electron chi connectivity index (χ1n) is 7.30. The van der Waals surface area contributed by atoms with Crippen LogP contribution in [0.15, 0.2) is 24.3 Å². The van der Waals surface area contributed by atoms with Gasteiger partial charge in [-0.1, -0.05) is 6.42 Å². The summed E-state index contributed by atoms with van der Waals surface area (Å²) in [4.78, 5) is 23.2. The van der Waals surface area contributed by atoms with Crippen LogP contribution in [0.4, 0.5) is 5.69 Å². The molecular formula is C16H22N2O2S. The Labute approximate surface area is 130 Å². The molecule has 21 heavy (non-hydrogen) atoms. The van der Waals surface area contributed by atoms with E-state index in [1.165, 1.54) is 19.8 Å². The number of benzene rings is 1. The van der Waals surface area contributed by atoms with Gasteiger partial charge in [-0.25, -0.2) is 0 Å². The second-order valence-electron chi connectivity index (χ2n) is 5.45. The first-order chi connectivity index (χ1) is 10.1. The Hall–Kier alpha value is -1.49. The number of nitrogens with one attached hydrogen (secondary N) is 2. The number of rotatable bonds is 4. The zero-order chi connectivity index (χ0) is 15.2. The molecule has 0 bridgehead atoms. The van der Waals surface area contributed by atoms with Gasteiger partial charge in [-0.2, -0.15) is 11.8 Å². The van der Waals surface area contributed by atoms with E-state index >= 15 is 0 Å². The first-order valence-corrected chi connectivity index (χ1v) is 8.58. The highest BCUT2D eigenvalue weighted by Gasteiger charge is 2.22. The summed E-state index contributed by atoms with van der Waals surface area (Å²) in [5.74, 6) is -0.145. The van der Waals surface area contributed by atoms with E-state index in [-0.39, 0.29) is 17.9 Å². The van der Waals surface area contributed by atoms with Crippen LogP contribution in [0, 0.1) is 0 Å². The molecule has 2 unspecified atom stereocenters. The molecule has 0 spiro atoms. The van der Waals surface area contributed by atoms with Crippen molar-refractivity contribution < 1.29 is 9.59 Å². The third-order valence-electron chi connectivity index (χ3n) is 3.76. The smallest absolute Gasteiger partial charge is 0.251 e. The molecule has 2 N–H and O–H groups in total. The second-order valence-corrected chi connectivity index (χ2v) is 6.59. The van der Waals surface area contributed by atoms with Crippen molar-refractivity contribution in [2.45, 2.75) is 43.9 Å². The molecule has 4 nitrogen and oxygen atoms in total. The van der Waals surface area contributed by atoms with Gasteiger partial charge in [-0.3, -0.25) is 9.59 Å². The molecule has 114 valence electrons. The van der Waals surface area contributed by atoms with E-state index in [1.54, 1.807) is 24.3 Å². The van der Waals surface area contributed by atoms with Gasteiger partial charge in [0.25, 0.3) is 5.91 Å². The van der Waals surface area contributed by atoms with Crippen LogP contribution in [-0.4, -0.2) is 29.4 Å². The van der Waals surface area contributed by atoms with Gasteiger partial charge >= 0.3 is 0 Å². The number of carbonyl (C=O) groups is 2. The molecule has 1 fully saturated rings. The van der Waals surface area contributed by atoms with Crippen LogP contribution in [0.1, 0.15) is 43.0 Å². The molecule has 2 amide bonds. The monoisotopic (exact) mass is 306 g/mol. The van der Waals surface area contributed by atoms with Gasteiger partial charge < -0.3 is 10.6 Å². The molecule has 0 saturated heterocycles. The van der Waals surface area contributed by atoms with Gasteiger partial charge in [0.2, 0.25) is 5.91 Å². The molecule has 2 atom stereocenters. The summed E-state index contributed by atoms with van der Waals surface area (Å²) in [6, 6.07) is 7.27. The summed E-state index contributed by atoms with van der Waals surface area (Å²) in [7, 11) is 0. The summed E-state index contributed by atoms with van der Waals surface area (Å²) < 4.78 is 0. The van der Waals surface area contributed by atoms with Crippen LogP contribution >= 0.6 is 11.8 Å². The zero-order valence-electron chi connectivity index (χ0n) is 12.5. The van der Waals surface area contributed by atoms with Crippen molar-refractivity contribution in [3.63, 3.8) is 0 Å². The topological polar surface area (TPSA) is 58.2 Å². The van der Waals surface area contributed by atoms with E-state index in [0.717, 1.165) is 12.8 Å². The van der Waals surface area contributed by atoms with E-state index in [1.807, 2.05) is 11.8 Å². The Kier molecular flexibility index (Phi) is 5.67. The first kappa shape index (κ1) is 15.9. The number of carbonyl (C=O) groups excluding carboxylic acids is 2. The minimum atomic E-state index is -0.113. The molecular weight excluding hydrogens is 284 g/mol. The molecule has 0 aromatic heterocycles. The van der Waals surface area contributed by atoms with Gasteiger partial charge in [0.05, 0.1) is 0 Å². The van der Waals surface area contributed by atoms with Gasteiger partial charge in [0.15, 0.2) is 0 Å². The third kappa shape index (κ3) is 4.77. The molecule has 1 aliphatic rings. The summed E-state index contributed by atoms with van der Waals surface area (Å²) in [5.41, 5.74) is 1.34. The molecule has 1 aromatic carbocycles. The normalized spacial score (nSPS) is 21.6. The van der Waals surface area contributed by atoms with Gasteiger partial charge in [0.1, 0.15) is 0 Å². The average molecular weight is 306 g/mol. The fourth-order valence-electron chi connectivity index (χ4n) is 2.67. The van der Waals surface area contributed by atoms with Gasteiger partial charge in [-0.15, -0.1) is 0 Å². The zero-order valence-corrected chi connectivity index (χ0v) is 13.3. The number of hydrogen-bond acceptors (Lipinski definition) is 3. The molecule has 1 aliphatic carbocycles. The molecule has 5 heteroatoms. The third-order valence-corrected chi connectivity index (χ3v) is 4.86. The standard InChI is InChI=1S/C16H22N2O2S/c1-11(19)17-13-8-6-12(7-9-13)16(20)18-14-4-3-5-15(10-14)21-2/h6-9,14-15H,3-5,10H2,1-2H3,(H,17,19)(H,18,20). The van der Waals surface area contributed by atoms with Crippen LogP contribution < -0.4 is 10.6 Å². The lowest BCUT2D eigenvalue weighted by Gasteiger charge is -2.28. The Morgan fingerprint density at radius 3 is 2.52 bits per heavy atom. The highest BCUT2D eigenvalue weighted by atomic mass is 32.2. The fraction of sp³-hybridized carbons (Fsp3) is 0.500. The van der Waals surface area contributed by atoms with Crippen molar-refractivity contribution in [3.8, 4) is 0 Å². The maximum absolute atomic E-state index is 12.2. The number of amides is 2. The van der Waals surface area contributed by atoms with Crippen molar-refractivity contribution in [3.05, 3.63) is 29.8 Å². The molecule has 1 saturated carbocycles. The highest BCUT2D eigenvalue weighted by molar-refractivity contribution is 7.99. The lowest BCUT2D eigenvalue weighted by Crippen LogP contribution is -2.39. The quantitative estimate of drug-likeness (QED) is 0.899. The number of hydrogen-bond donors (Lipinski definition) is 2. The Morgan fingerprint density at radius 2 is 1.90 bits per heavy atom. The van der Waals surface area contributed by atoms with Crippen LogP contribution in [0.25, 0.3) is 0 Å². The Bertz CT molecular complexity index is 502. The highest BCUT2D eigenvalue weighted by Crippen LogP contribution is 2.27. The maximum atomic E-state index is 12.2. The molecule has 1 aromatic rings. The minimum absolute atomic E-state index is 0.0314. The summed E-state index contributed by atoms with van der Waals surface area (Å²) in [6.45, 7) is 1.46. The van der Waals surface area contributed by atoms with Crippen molar-refractivity contribution in [2.75, 3.05) is 11.6 Å². The van der Waals surface area contributed by atoms with Crippen molar-refractivity contribution in [1.29, 1.82) is 0 Å². The van der Waals surface area contributed by atoms with Gasteiger partial charge in [0, 0.05) is 29.5 Å². The molecule has 0 radical (unpaired) electrons. The number of thioether (sulfide) groups is 1. The average Bonchev–Trinajstić information content (AvgIpc) is 2.47. The molecule has 0 aliphatic heterocycles. The van der Waals surface area contributed by atoms with E-state index in [0.29, 0.717) is 16.5 Å². The lowest BCUT2D eigenvalue weighted by molar-refractivity contribution is -0.114. The van der Waals surface area contributed by atoms with Crippen LogP contribution in [0.3, 0.4) is 0 Å². The van der Waals surface area contributed by atoms with E-state index in [9.17, 15) is 9.59 Å². The summed E-state index contributed by atoms with van der Waals surface area (Å²) >= 11 is 1.89. The minimum Gasteiger partial charge on any atom is -0.349 e. The fourth-order valence-corrected chi connectivity index (χ4v) is 3.49. The number of anilines is 1.